The Kier molecular flexibility index (Phi) is 2.49. The van der Waals surface area contributed by atoms with E-state index in [9.17, 15) is 4.79 Å². The van der Waals surface area contributed by atoms with Crippen molar-refractivity contribution in [2.45, 2.75) is 26.4 Å². The molecule has 0 aromatic rings. The molecule has 11 heavy (non-hydrogen) atoms. The van der Waals surface area contributed by atoms with Crippen molar-refractivity contribution in [2.24, 2.45) is 11.8 Å². The Balaban J connectivity index is 2.25. The fraction of sp³-hybridized carbons (Fsp3) is 0.875. The number of aliphatic carboxylic acids is 1. The second-order valence-electron chi connectivity index (χ2n) is 3.00. The number of rotatable bonds is 4. The highest BCUT2D eigenvalue weighted by Gasteiger charge is 2.46. The van der Waals surface area contributed by atoms with Crippen LogP contribution in [0.1, 0.15) is 20.3 Å². The van der Waals surface area contributed by atoms with Crippen molar-refractivity contribution < 1.29 is 14.6 Å². The van der Waals surface area contributed by atoms with Crippen LogP contribution in [0.25, 0.3) is 0 Å². The van der Waals surface area contributed by atoms with Crippen LogP contribution in [-0.4, -0.2) is 23.8 Å². The minimum atomic E-state index is -0.679. The molecule has 64 valence electrons. The maximum atomic E-state index is 10.4. The zero-order chi connectivity index (χ0) is 8.43. The van der Waals surface area contributed by atoms with E-state index in [0.717, 1.165) is 6.42 Å². The lowest BCUT2D eigenvalue weighted by atomic mass is 10.2. The van der Waals surface area contributed by atoms with Crippen molar-refractivity contribution in [3.63, 3.8) is 0 Å². The molecule has 0 radical (unpaired) electrons. The molecule has 1 rings (SSSR count). The van der Waals surface area contributed by atoms with Crippen molar-refractivity contribution in [1.29, 1.82) is 0 Å². The van der Waals surface area contributed by atoms with E-state index in [1.807, 2.05) is 13.8 Å². The second kappa shape index (κ2) is 3.22. The normalized spacial score (nSPS) is 31.5. The van der Waals surface area contributed by atoms with Gasteiger partial charge in [0.25, 0.3) is 0 Å². The monoisotopic (exact) mass is 158 g/mol. The predicted octanol–water partition coefficient (Wildman–Crippen LogP) is 1.13. The summed E-state index contributed by atoms with van der Waals surface area (Å²) in [5.74, 6) is -0.564. The van der Waals surface area contributed by atoms with Crippen LogP contribution in [0.3, 0.4) is 0 Å². The lowest BCUT2D eigenvalue weighted by molar-refractivity contribution is -0.139. The average molecular weight is 158 g/mol. The molecule has 0 amide bonds. The molecule has 0 spiro atoms. The summed E-state index contributed by atoms with van der Waals surface area (Å²) in [4.78, 5) is 10.4. The zero-order valence-corrected chi connectivity index (χ0v) is 6.91. The quantitative estimate of drug-likeness (QED) is 0.667. The Morgan fingerprint density at radius 1 is 1.82 bits per heavy atom. The van der Waals surface area contributed by atoms with Gasteiger partial charge in [0.05, 0.1) is 12.0 Å². The summed E-state index contributed by atoms with van der Waals surface area (Å²) in [7, 11) is 0. The summed E-state index contributed by atoms with van der Waals surface area (Å²) in [6.45, 7) is 4.54. The first-order valence-electron chi connectivity index (χ1n) is 4.01. The molecule has 1 aliphatic carbocycles. The third-order valence-corrected chi connectivity index (χ3v) is 2.19. The zero-order valence-electron chi connectivity index (χ0n) is 6.91. The summed E-state index contributed by atoms with van der Waals surface area (Å²) in [6, 6.07) is 0. The van der Waals surface area contributed by atoms with E-state index in [4.69, 9.17) is 9.84 Å². The molecule has 3 unspecified atom stereocenters. The average Bonchev–Trinajstić information content (AvgIpc) is 2.65. The van der Waals surface area contributed by atoms with Crippen LogP contribution < -0.4 is 0 Å². The molecule has 3 heteroatoms. The number of hydrogen-bond donors (Lipinski definition) is 1. The number of ether oxygens (including phenoxy) is 1. The van der Waals surface area contributed by atoms with Crippen LogP contribution in [-0.2, 0) is 9.53 Å². The van der Waals surface area contributed by atoms with Gasteiger partial charge in [-0.05, 0) is 26.2 Å². The summed E-state index contributed by atoms with van der Waals surface area (Å²) >= 11 is 0. The van der Waals surface area contributed by atoms with Crippen molar-refractivity contribution >= 4 is 5.97 Å². The SMILES string of the molecule is CCOC(C)C1CC1C(=O)O. The first-order chi connectivity index (χ1) is 5.16. The number of carbonyl (C=O) groups is 1. The Hall–Kier alpha value is -0.570. The molecule has 1 fully saturated rings. The molecule has 0 heterocycles. The van der Waals surface area contributed by atoms with Gasteiger partial charge in [-0.2, -0.15) is 0 Å². The number of carboxylic acid groups (broad SMARTS) is 1. The molecule has 3 nitrogen and oxygen atoms in total. The van der Waals surface area contributed by atoms with E-state index in [0.29, 0.717) is 6.61 Å². The fourth-order valence-corrected chi connectivity index (χ4v) is 1.40. The van der Waals surface area contributed by atoms with E-state index in [1.165, 1.54) is 0 Å². The van der Waals surface area contributed by atoms with Gasteiger partial charge in [0.1, 0.15) is 0 Å². The van der Waals surface area contributed by atoms with Crippen molar-refractivity contribution in [2.75, 3.05) is 6.61 Å². The van der Waals surface area contributed by atoms with Crippen molar-refractivity contribution in [3.8, 4) is 0 Å². The highest BCUT2D eigenvalue weighted by molar-refractivity contribution is 5.73. The first-order valence-corrected chi connectivity index (χ1v) is 4.01. The minimum Gasteiger partial charge on any atom is -0.481 e. The lowest BCUT2D eigenvalue weighted by Gasteiger charge is -2.09. The van der Waals surface area contributed by atoms with Gasteiger partial charge in [-0.25, -0.2) is 0 Å². The summed E-state index contributed by atoms with van der Waals surface area (Å²) in [5, 5.41) is 8.59. The van der Waals surface area contributed by atoms with E-state index >= 15 is 0 Å². The van der Waals surface area contributed by atoms with Gasteiger partial charge in [-0.1, -0.05) is 0 Å². The van der Waals surface area contributed by atoms with Crippen LogP contribution in [0.5, 0.6) is 0 Å². The van der Waals surface area contributed by atoms with Gasteiger partial charge in [0.15, 0.2) is 0 Å². The largest absolute Gasteiger partial charge is 0.481 e. The lowest BCUT2D eigenvalue weighted by Crippen LogP contribution is -2.14. The van der Waals surface area contributed by atoms with Crippen LogP contribution in [0.2, 0.25) is 0 Å². The highest BCUT2D eigenvalue weighted by Crippen LogP contribution is 2.42. The summed E-state index contributed by atoms with van der Waals surface area (Å²) in [6.07, 6.45) is 0.900. The molecule has 0 aromatic carbocycles. The molecule has 1 N–H and O–H groups in total. The maximum absolute atomic E-state index is 10.4. The molecular formula is C8H14O3. The number of hydrogen-bond acceptors (Lipinski definition) is 2. The Morgan fingerprint density at radius 3 is 2.82 bits per heavy atom. The molecule has 3 atom stereocenters. The fourth-order valence-electron chi connectivity index (χ4n) is 1.40. The minimum absolute atomic E-state index is 0.112. The van der Waals surface area contributed by atoms with E-state index < -0.39 is 5.97 Å². The van der Waals surface area contributed by atoms with E-state index in [-0.39, 0.29) is 17.9 Å². The Labute approximate surface area is 66.4 Å². The highest BCUT2D eigenvalue weighted by atomic mass is 16.5. The molecule has 0 aromatic heterocycles. The maximum Gasteiger partial charge on any atom is 0.306 e. The molecule has 1 saturated carbocycles. The standard InChI is InChI=1S/C8H14O3/c1-3-11-5(2)6-4-7(6)8(9)10/h5-7H,3-4H2,1-2H3,(H,9,10). The molecule has 0 saturated heterocycles. The van der Waals surface area contributed by atoms with Crippen LogP contribution >= 0.6 is 0 Å². The van der Waals surface area contributed by atoms with Crippen LogP contribution in [0.4, 0.5) is 0 Å². The third-order valence-electron chi connectivity index (χ3n) is 2.19. The summed E-state index contributed by atoms with van der Waals surface area (Å²) < 4.78 is 5.28. The van der Waals surface area contributed by atoms with Crippen molar-refractivity contribution in [3.05, 3.63) is 0 Å². The number of carboxylic acids is 1. The van der Waals surface area contributed by atoms with Crippen LogP contribution in [0, 0.1) is 11.8 Å². The van der Waals surface area contributed by atoms with Gasteiger partial charge in [0, 0.05) is 6.61 Å². The molecular weight excluding hydrogens is 144 g/mol. The predicted molar refractivity (Wildman–Crippen MR) is 40.3 cm³/mol. The van der Waals surface area contributed by atoms with Gasteiger partial charge in [0.2, 0.25) is 0 Å². The Bertz CT molecular complexity index is 155. The first kappa shape index (κ1) is 8.53. The van der Waals surface area contributed by atoms with Gasteiger partial charge < -0.3 is 9.84 Å². The summed E-state index contributed by atoms with van der Waals surface area (Å²) in [5.41, 5.74) is 0. The van der Waals surface area contributed by atoms with Gasteiger partial charge in [-0.15, -0.1) is 0 Å². The van der Waals surface area contributed by atoms with E-state index in [2.05, 4.69) is 0 Å². The second-order valence-corrected chi connectivity index (χ2v) is 3.00. The molecule has 1 aliphatic rings. The topological polar surface area (TPSA) is 46.5 Å². The third kappa shape index (κ3) is 1.93. The smallest absolute Gasteiger partial charge is 0.306 e. The Morgan fingerprint density at radius 2 is 2.45 bits per heavy atom. The van der Waals surface area contributed by atoms with E-state index in [1.54, 1.807) is 0 Å². The van der Waals surface area contributed by atoms with Crippen molar-refractivity contribution in [1.82, 2.24) is 0 Å². The molecule has 0 bridgehead atoms. The van der Waals surface area contributed by atoms with Crippen LogP contribution in [0.15, 0.2) is 0 Å². The van der Waals surface area contributed by atoms with Gasteiger partial charge in [-0.3, -0.25) is 4.79 Å². The van der Waals surface area contributed by atoms with Gasteiger partial charge >= 0.3 is 5.97 Å². The molecule has 0 aliphatic heterocycles.